The molecule has 31 heavy (non-hydrogen) atoms. The van der Waals surface area contributed by atoms with Gasteiger partial charge in [-0.15, -0.1) is 0 Å². The molecule has 0 radical (unpaired) electrons. The van der Waals surface area contributed by atoms with Crippen molar-refractivity contribution in [2.45, 2.75) is 18.0 Å². The second kappa shape index (κ2) is 10.3. The molecule has 1 amide bonds. The highest BCUT2D eigenvalue weighted by Gasteiger charge is 2.27. The zero-order valence-electron chi connectivity index (χ0n) is 16.9. The number of carbonyl (C=O) groups excluding carboxylic acids is 1. The van der Waals surface area contributed by atoms with Crippen LogP contribution in [0.1, 0.15) is 11.1 Å². The molecule has 0 unspecified atom stereocenters. The van der Waals surface area contributed by atoms with Crippen LogP contribution in [0, 0.1) is 0 Å². The molecule has 0 N–H and O–H groups in total. The Morgan fingerprint density at radius 3 is 1.87 bits per heavy atom. The van der Waals surface area contributed by atoms with Crippen molar-refractivity contribution in [1.29, 1.82) is 0 Å². The lowest BCUT2D eigenvalue weighted by Gasteiger charge is -2.26. The third-order valence-corrected chi connectivity index (χ3v) is 7.24. The Hall–Kier alpha value is -2.38. The summed E-state index contributed by atoms with van der Waals surface area (Å²) < 4.78 is 27.0. The first-order valence-corrected chi connectivity index (χ1v) is 11.7. The van der Waals surface area contributed by atoms with Crippen molar-refractivity contribution in [2.75, 3.05) is 13.6 Å². The topological polar surface area (TPSA) is 57.7 Å². The summed E-state index contributed by atoms with van der Waals surface area (Å²) in [6.07, 6.45) is 0. The van der Waals surface area contributed by atoms with Gasteiger partial charge >= 0.3 is 0 Å². The summed E-state index contributed by atoms with van der Waals surface area (Å²) in [5.41, 5.74) is 1.91. The van der Waals surface area contributed by atoms with Gasteiger partial charge < -0.3 is 4.90 Å². The minimum Gasteiger partial charge on any atom is -0.333 e. The molecule has 0 aliphatic heterocycles. The summed E-state index contributed by atoms with van der Waals surface area (Å²) in [5.74, 6) is -0.322. The summed E-state index contributed by atoms with van der Waals surface area (Å²) in [6, 6.07) is 23.3. The van der Waals surface area contributed by atoms with E-state index in [4.69, 9.17) is 23.2 Å². The highest BCUT2D eigenvalue weighted by atomic mass is 35.5. The van der Waals surface area contributed by atoms with Gasteiger partial charge in [-0.1, -0.05) is 83.9 Å². The maximum atomic E-state index is 13.2. The van der Waals surface area contributed by atoms with Gasteiger partial charge in [-0.3, -0.25) is 4.79 Å². The first kappa shape index (κ1) is 23.3. The molecule has 0 heterocycles. The molecule has 8 heteroatoms. The smallest absolute Gasteiger partial charge is 0.244 e. The van der Waals surface area contributed by atoms with E-state index in [9.17, 15) is 13.2 Å². The fourth-order valence-electron chi connectivity index (χ4n) is 3.06. The lowest BCUT2D eigenvalue weighted by Crippen LogP contribution is -2.40. The molecule has 162 valence electrons. The Bertz CT molecular complexity index is 1100. The minimum atomic E-state index is -4.00. The molecule has 3 aromatic carbocycles. The largest absolute Gasteiger partial charge is 0.333 e. The molecule has 0 fully saturated rings. The van der Waals surface area contributed by atoms with Crippen LogP contribution in [0.2, 0.25) is 10.0 Å². The van der Waals surface area contributed by atoms with Crippen LogP contribution in [0.3, 0.4) is 0 Å². The van der Waals surface area contributed by atoms with Crippen molar-refractivity contribution in [3.8, 4) is 0 Å². The number of nitrogens with zero attached hydrogens (tertiary/aromatic N) is 2. The van der Waals surface area contributed by atoms with Crippen LogP contribution in [0.5, 0.6) is 0 Å². The predicted molar refractivity (Wildman–Crippen MR) is 123 cm³/mol. The van der Waals surface area contributed by atoms with Gasteiger partial charge in [0.25, 0.3) is 0 Å². The van der Waals surface area contributed by atoms with E-state index in [1.165, 1.54) is 25.2 Å². The number of benzene rings is 3. The molecule has 0 saturated heterocycles. The van der Waals surface area contributed by atoms with E-state index in [0.717, 1.165) is 15.4 Å². The number of amides is 1. The van der Waals surface area contributed by atoms with Crippen molar-refractivity contribution in [3.63, 3.8) is 0 Å². The average Bonchev–Trinajstić information content (AvgIpc) is 2.76. The maximum Gasteiger partial charge on any atom is 0.244 e. The quantitative estimate of drug-likeness (QED) is 0.467. The second-order valence-corrected chi connectivity index (χ2v) is 9.91. The Balaban J connectivity index is 1.82. The first-order valence-electron chi connectivity index (χ1n) is 9.54. The van der Waals surface area contributed by atoms with E-state index < -0.39 is 10.0 Å². The summed E-state index contributed by atoms with van der Waals surface area (Å²) in [4.78, 5) is 14.7. The third-order valence-electron chi connectivity index (χ3n) is 4.72. The van der Waals surface area contributed by atoms with Gasteiger partial charge in [0.05, 0.1) is 11.6 Å². The fraction of sp³-hybridized carbons (Fsp3) is 0.174. The molecule has 0 aliphatic carbocycles. The van der Waals surface area contributed by atoms with Gasteiger partial charge in [0.15, 0.2) is 0 Å². The number of rotatable bonds is 8. The molecule has 0 saturated carbocycles. The first-order chi connectivity index (χ1) is 14.8. The summed E-state index contributed by atoms with van der Waals surface area (Å²) in [5, 5.41) is 0.298. The molecule has 0 spiro atoms. The second-order valence-electron chi connectivity index (χ2n) is 7.06. The molecular formula is C23H22Cl2N2O3S. The van der Waals surface area contributed by atoms with Crippen molar-refractivity contribution >= 4 is 39.1 Å². The Morgan fingerprint density at radius 1 is 0.839 bits per heavy atom. The average molecular weight is 477 g/mol. The number of carbonyl (C=O) groups is 1. The predicted octanol–water partition coefficient (Wildman–Crippen LogP) is 4.84. The van der Waals surface area contributed by atoms with Crippen LogP contribution >= 0.6 is 23.2 Å². The van der Waals surface area contributed by atoms with Crippen molar-refractivity contribution in [3.05, 3.63) is 100 Å². The number of hydrogen-bond acceptors (Lipinski definition) is 3. The van der Waals surface area contributed by atoms with E-state index >= 15 is 0 Å². The maximum absolute atomic E-state index is 13.2. The molecule has 5 nitrogen and oxygen atoms in total. The van der Waals surface area contributed by atoms with Crippen molar-refractivity contribution in [1.82, 2.24) is 9.21 Å². The lowest BCUT2D eigenvalue weighted by atomic mass is 10.1. The number of likely N-dealkylation sites (N-methyl/N-ethyl adjacent to an activating group) is 1. The molecule has 0 aromatic heterocycles. The van der Waals surface area contributed by atoms with Gasteiger partial charge in [-0.25, -0.2) is 8.42 Å². The van der Waals surface area contributed by atoms with Crippen LogP contribution < -0.4 is 0 Å². The SMILES string of the molecule is CN(CC(=O)N(Cc1ccccc1)Cc1ccccc1)S(=O)(=O)c1cc(Cl)ccc1Cl. The standard InChI is InChI=1S/C23H22Cl2N2O3S/c1-26(31(29,30)22-14-20(24)12-13-21(22)25)17-23(28)27(15-18-8-4-2-5-9-18)16-19-10-6-3-7-11-19/h2-14H,15-17H2,1H3. The van der Waals surface area contributed by atoms with Gasteiger partial charge in [-0.05, 0) is 29.3 Å². The molecule has 0 atom stereocenters. The number of halogens is 2. The van der Waals surface area contributed by atoms with E-state index in [2.05, 4.69) is 0 Å². The van der Waals surface area contributed by atoms with Crippen LogP contribution in [0.25, 0.3) is 0 Å². The van der Waals surface area contributed by atoms with Gasteiger partial charge in [0.2, 0.25) is 15.9 Å². The number of sulfonamides is 1. The van der Waals surface area contributed by atoms with Crippen LogP contribution in [0.4, 0.5) is 0 Å². The van der Waals surface area contributed by atoms with E-state index in [1.54, 1.807) is 4.90 Å². The molecule has 3 rings (SSSR count). The third kappa shape index (κ3) is 6.08. The van der Waals surface area contributed by atoms with Gasteiger partial charge in [0, 0.05) is 25.2 Å². The monoisotopic (exact) mass is 476 g/mol. The molecule has 0 bridgehead atoms. The van der Waals surface area contributed by atoms with E-state index in [0.29, 0.717) is 13.1 Å². The van der Waals surface area contributed by atoms with Crippen LogP contribution in [-0.2, 0) is 27.9 Å². The lowest BCUT2D eigenvalue weighted by molar-refractivity contribution is -0.132. The number of hydrogen-bond donors (Lipinski definition) is 0. The van der Waals surface area contributed by atoms with E-state index in [-0.39, 0.29) is 27.4 Å². The zero-order valence-corrected chi connectivity index (χ0v) is 19.2. The highest BCUT2D eigenvalue weighted by molar-refractivity contribution is 7.89. The van der Waals surface area contributed by atoms with Crippen LogP contribution in [0.15, 0.2) is 83.8 Å². The molecule has 0 aliphatic rings. The zero-order chi connectivity index (χ0) is 22.4. The summed E-state index contributed by atoms with van der Waals surface area (Å²) in [6.45, 7) is 0.394. The summed E-state index contributed by atoms with van der Waals surface area (Å²) >= 11 is 12.0. The normalized spacial score (nSPS) is 11.5. The van der Waals surface area contributed by atoms with Gasteiger partial charge in [-0.2, -0.15) is 4.31 Å². The van der Waals surface area contributed by atoms with Crippen molar-refractivity contribution < 1.29 is 13.2 Å². The minimum absolute atomic E-state index is 0.0501. The van der Waals surface area contributed by atoms with Crippen LogP contribution in [-0.4, -0.2) is 37.1 Å². The van der Waals surface area contributed by atoms with Crippen molar-refractivity contribution in [2.24, 2.45) is 0 Å². The van der Waals surface area contributed by atoms with E-state index in [1.807, 2.05) is 60.7 Å². The Morgan fingerprint density at radius 2 is 1.35 bits per heavy atom. The highest BCUT2D eigenvalue weighted by Crippen LogP contribution is 2.27. The molecule has 3 aromatic rings. The Labute approximate surface area is 192 Å². The summed E-state index contributed by atoms with van der Waals surface area (Å²) in [7, 11) is -2.64. The Kier molecular flexibility index (Phi) is 7.73. The fourth-order valence-corrected chi connectivity index (χ4v) is 4.91. The molecular weight excluding hydrogens is 455 g/mol. The van der Waals surface area contributed by atoms with Gasteiger partial charge in [0.1, 0.15) is 4.90 Å².